The summed E-state index contributed by atoms with van der Waals surface area (Å²) >= 11 is 7.56. The molecule has 5 nitrogen and oxygen atoms in total. The van der Waals surface area contributed by atoms with E-state index >= 15 is 0 Å². The number of fused-ring (bicyclic) bond motifs is 1. The van der Waals surface area contributed by atoms with Crippen molar-refractivity contribution in [1.29, 1.82) is 0 Å². The Kier molecular flexibility index (Phi) is 2.74. The Morgan fingerprint density at radius 1 is 1.38 bits per heavy atom. The number of imide groups is 1. The predicted octanol–water partition coefficient (Wildman–Crippen LogP) is 2.19. The molecule has 4 rings (SSSR count). The highest BCUT2D eigenvalue weighted by atomic mass is 35.5. The van der Waals surface area contributed by atoms with Gasteiger partial charge in [0.2, 0.25) is 11.8 Å². The van der Waals surface area contributed by atoms with E-state index in [1.165, 1.54) is 0 Å². The van der Waals surface area contributed by atoms with E-state index in [1.54, 1.807) is 11.3 Å². The van der Waals surface area contributed by atoms with Crippen LogP contribution >= 0.6 is 22.9 Å². The minimum atomic E-state index is -0.563. The number of nitrogens with zero attached hydrogens (tertiary/aromatic N) is 2. The van der Waals surface area contributed by atoms with Gasteiger partial charge in [0.25, 0.3) is 0 Å². The number of benzene rings is 1. The second-order valence-corrected chi connectivity index (χ2v) is 7.06. The van der Waals surface area contributed by atoms with E-state index in [-0.39, 0.29) is 11.8 Å². The fourth-order valence-electron chi connectivity index (χ4n) is 3.08. The molecule has 2 fully saturated rings. The van der Waals surface area contributed by atoms with Crippen LogP contribution in [0.4, 0.5) is 5.13 Å². The molecule has 1 N–H and O–H groups in total. The van der Waals surface area contributed by atoms with E-state index in [4.69, 9.17) is 11.6 Å². The number of carbonyl (C=O) groups excluding carboxylic acids is 2. The number of thiazole rings is 1. The fraction of sp³-hybridized carbons (Fsp3) is 0.357. The first kappa shape index (κ1) is 13.0. The van der Waals surface area contributed by atoms with Crippen molar-refractivity contribution in [3.8, 4) is 0 Å². The summed E-state index contributed by atoms with van der Waals surface area (Å²) in [5.41, 5.74) is 0.347. The van der Waals surface area contributed by atoms with Crippen LogP contribution in [0.2, 0.25) is 5.02 Å². The number of anilines is 1. The normalized spacial score (nSPS) is 25.3. The number of halogens is 1. The van der Waals surface area contributed by atoms with Gasteiger partial charge in [0.05, 0.1) is 15.6 Å². The van der Waals surface area contributed by atoms with Crippen LogP contribution in [0.1, 0.15) is 12.8 Å². The highest BCUT2D eigenvalue weighted by molar-refractivity contribution is 7.22. The molecule has 108 valence electrons. The number of hydrogen-bond donors (Lipinski definition) is 1. The van der Waals surface area contributed by atoms with Crippen molar-refractivity contribution in [1.82, 2.24) is 10.3 Å². The number of amides is 2. The molecule has 0 saturated carbocycles. The summed E-state index contributed by atoms with van der Waals surface area (Å²) in [5, 5.41) is 3.99. The second kappa shape index (κ2) is 4.42. The first-order valence-corrected chi connectivity index (χ1v) is 7.91. The summed E-state index contributed by atoms with van der Waals surface area (Å²) in [6.07, 6.45) is 0.986. The first-order valence-electron chi connectivity index (χ1n) is 6.71. The lowest BCUT2D eigenvalue weighted by Crippen LogP contribution is -2.34. The van der Waals surface area contributed by atoms with Gasteiger partial charge in [-0.15, -0.1) is 0 Å². The summed E-state index contributed by atoms with van der Waals surface area (Å²) in [4.78, 5) is 30.2. The zero-order valence-electron chi connectivity index (χ0n) is 11.1. The molecule has 1 aromatic carbocycles. The Labute approximate surface area is 129 Å². The SMILES string of the molecule is O=C1C[C@]2(CCN(c3nc4ccc(Cl)cc4s3)C2)C(=O)N1. The maximum atomic E-state index is 12.0. The topological polar surface area (TPSA) is 62.3 Å². The minimum Gasteiger partial charge on any atom is -0.347 e. The molecular formula is C14H12ClN3O2S. The third-order valence-corrected chi connectivity index (χ3v) is 5.51. The van der Waals surface area contributed by atoms with Crippen LogP contribution in [0.15, 0.2) is 18.2 Å². The third-order valence-electron chi connectivity index (χ3n) is 4.20. The number of carbonyl (C=O) groups is 2. The Hall–Kier alpha value is -1.66. The van der Waals surface area contributed by atoms with E-state index in [0.29, 0.717) is 24.4 Å². The molecule has 0 bridgehead atoms. The first-order chi connectivity index (χ1) is 10.1. The number of aromatic nitrogens is 1. The molecule has 0 radical (unpaired) electrons. The number of nitrogens with one attached hydrogen (secondary N) is 1. The van der Waals surface area contributed by atoms with E-state index in [2.05, 4.69) is 15.2 Å². The zero-order valence-corrected chi connectivity index (χ0v) is 12.6. The molecule has 1 aromatic heterocycles. The molecule has 2 aliphatic heterocycles. The summed E-state index contributed by atoms with van der Waals surface area (Å²) in [6.45, 7) is 1.30. The van der Waals surface area contributed by atoms with Crippen molar-refractivity contribution < 1.29 is 9.59 Å². The van der Waals surface area contributed by atoms with Gasteiger partial charge in [-0.05, 0) is 24.6 Å². The van der Waals surface area contributed by atoms with Crippen molar-refractivity contribution in [2.24, 2.45) is 5.41 Å². The molecule has 2 aromatic rings. The van der Waals surface area contributed by atoms with Gasteiger partial charge in [-0.1, -0.05) is 22.9 Å². The van der Waals surface area contributed by atoms with Crippen LogP contribution < -0.4 is 10.2 Å². The van der Waals surface area contributed by atoms with Crippen molar-refractivity contribution >= 4 is 50.1 Å². The van der Waals surface area contributed by atoms with Gasteiger partial charge in [0.1, 0.15) is 0 Å². The Bertz CT molecular complexity index is 775. The van der Waals surface area contributed by atoms with Crippen LogP contribution in [0.25, 0.3) is 10.2 Å². The minimum absolute atomic E-state index is 0.140. The maximum Gasteiger partial charge on any atom is 0.235 e. The van der Waals surface area contributed by atoms with Crippen LogP contribution in [-0.2, 0) is 9.59 Å². The quantitative estimate of drug-likeness (QED) is 0.818. The van der Waals surface area contributed by atoms with E-state index in [1.807, 2.05) is 18.2 Å². The van der Waals surface area contributed by atoms with Gasteiger partial charge in [-0.25, -0.2) is 4.98 Å². The highest BCUT2D eigenvalue weighted by Gasteiger charge is 2.51. The second-order valence-electron chi connectivity index (χ2n) is 5.61. The molecule has 0 aliphatic carbocycles. The zero-order chi connectivity index (χ0) is 14.6. The molecule has 21 heavy (non-hydrogen) atoms. The lowest BCUT2D eigenvalue weighted by atomic mass is 9.85. The van der Waals surface area contributed by atoms with E-state index < -0.39 is 5.41 Å². The lowest BCUT2D eigenvalue weighted by molar-refractivity contribution is -0.127. The van der Waals surface area contributed by atoms with Gasteiger partial charge in [-0.3, -0.25) is 14.9 Å². The molecule has 0 unspecified atom stereocenters. The van der Waals surface area contributed by atoms with Gasteiger partial charge in [0.15, 0.2) is 5.13 Å². The smallest absolute Gasteiger partial charge is 0.235 e. The van der Waals surface area contributed by atoms with Crippen LogP contribution in [-0.4, -0.2) is 29.9 Å². The van der Waals surface area contributed by atoms with Crippen LogP contribution in [0.3, 0.4) is 0 Å². The number of hydrogen-bond acceptors (Lipinski definition) is 5. The monoisotopic (exact) mass is 321 g/mol. The summed E-state index contributed by atoms with van der Waals surface area (Å²) in [5.74, 6) is -0.308. The van der Waals surface area contributed by atoms with Crippen LogP contribution in [0.5, 0.6) is 0 Å². The highest BCUT2D eigenvalue weighted by Crippen LogP contribution is 2.41. The van der Waals surface area contributed by atoms with Gasteiger partial charge in [0, 0.05) is 24.5 Å². The molecule has 7 heteroatoms. The van der Waals surface area contributed by atoms with Gasteiger partial charge in [-0.2, -0.15) is 0 Å². The average molecular weight is 322 g/mol. The molecule has 3 heterocycles. The summed E-state index contributed by atoms with van der Waals surface area (Å²) < 4.78 is 1.03. The van der Waals surface area contributed by atoms with Crippen molar-refractivity contribution in [2.75, 3.05) is 18.0 Å². The fourth-order valence-corrected chi connectivity index (χ4v) is 4.34. The number of rotatable bonds is 1. The van der Waals surface area contributed by atoms with Crippen LogP contribution in [0, 0.1) is 5.41 Å². The van der Waals surface area contributed by atoms with Crippen molar-refractivity contribution in [3.63, 3.8) is 0 Å². The van der Waals surface area contributed by atoms with Crippen molar-refractivity contribution in [3.05, 3.63) is 23.2 Å². The average Bonchev–Trinajstić information content (AvgIpc) is 3.08. The largest absolute Gasteiger partial charge is 0.347 e. The van der Waals surface area contributed by atoms with E-state index in [0.717, 1.165) is 21.9 Å². The molecule has 1 spiro atoms. The third kappa shape index (κ3) is 2.01. The molecule has 2 amide bonds. The molecule has 2 aliphatic rings. The van der Waals surface area contributed by atoms with Gasteiger partial charge < -0.3 is 4.90 Å². The maximum absolute atomic E-state index is 12.0. The summed E-state index contributed by atoms with van der Waals surface area (Å²) in [7, 11) is 0. The van der Waals surface area contributed by atoms with E-state index in [9.17, 15) is 9.59 Å². The Morgan fingerprint density at radius 3 is 3.00 bits per heavy atom. The predicted molar refractivity (Wildman–Crippen MR) is 81.7 cm³/mol. The molecule has 2 saturated heterocycles. The standard InChI is InChI=1S/C14H12ClN3O2S/c15-8-1-2-9-10(5-8)21-13(16-9)18-4-3-14(7-18)6-11(19)17-12(14)20/h1-2,5H,3-4,6-7H2,(H,17,19,20)/t14-/m0/s1. The molecular weight excluding hydrogens is 310 g/mol. The van der Waals surface area contributed by atoms with Crippen molar-refractivity contribution in [2.45, 2.75) is 12.8 Å². The molecule has 1 atom stereocenters. The Morgan fingerprint density at radius 2 is 2.24 bits per heavy atom. The van der Waals surface area contributed by atoms with Gasteiger partial charge >= 0.3 is 0 Å². The lowest BCUT2D eigenvalue weighted by Gasteiger charge is -2.19. The summed E-state index contributed by atoms with van der Waals surface area (Å²) in [6, 6.07) is 5.62. The Balaban J connectivity index is 1.65.